The summed E-state index contributed by atoms with van der Waals surface area (Å²) in [7, 11) is 0. The van der Waals surface area contributed by atoms with E-state index in [0.717, 1.165) is 0 Å². The summed E-state index contributed by atoms with van der Waals surface area (Å²) in [6, 6.07) is 6.60. The molecule has 1 aliphatic rings. The second kappa shape index (κ2) is 12.1. The molecule has 2 aromatic rings. The zero-order valence-electron chi connectivity index (χ0n) is 21.7. The third-order valence-electron chi connectivity index (χ3n) is 5.45. The van der Waals surface area contributed by atoms with Crippen molar-refractivity contribution in [3.8, 4) is 5.69 Å². The zero-order valence-corrected chi connectivity index (χ0v) is 22.4. The molecule has 1 aromatic carbocycles. The van der Waals surface area contributed by atoms with E-state index in [1.165, 1.54) is 23.6 Å². The smallest absolute Gasteiger partial charge is 0.410 e. The fraction of sp³-hybridized carbons (Fsp3) is 0.500. The topological polar surface area (TPSA) is 92.4 Å². The van der Waals surface area contributed by atoms with Crippen LogP contribution in [0.3, 0.4) is 0 Å². The summed E-state index contributed by atoms with van der Waals surface area (Å²) < 4.78 is 8.57. The van der Waals surface area contributed by atoms with Gasteiger partial charge in [0.1, 0.15) is 17.1 Å². The van der Waals surface area contributed by atoms with E-state index in [1.54, 1.807) is 40.7 Å². The number of nitrogens with zero attached hydrogens (tertiary/aromatic N) is 3. The minimum Gasteiger partial charge on any atom is -0.444 e. The van der Waals surface area contributed by atoms with E-state index in [1.807, 2.05) is 20.8 Å². The van der Waals surface area contributed by atoms with Gasteiger partial charge in [0.15, 0.2) is 0 Å². The number of carbonyl (C=O) groups excluding carboxylic acids is 1. The van der Waals surface area contributed by atoms with Gasteiger partial charge < -0.3 is 20.4 Å². The molecule has 1 unspecified atom stereocenters. The minimum atomic E-state index is -0.593. The van der Waals surface area contributed by atoms with Crippen molar-refractivity contribution in [3.63, 3.8) is 0 Å². The molecular weight excluding hydrogens is 466 g/mol. The maximum Gasteiger partial charge on any atom is 0.410 e. The molecule has 192 valence electrons. The van der Waals surface area contributed by atoms with Gasteiger partial charge in [-0.2, -0.15) is 0 Å². The summed E-state index contributed by atoms with van der Waals surface area (Å²) in [6.45, 7) is 16.0. The van der Waals surface area contributed by atoms with Crippen LogP contribution in [-0.2, 0) is 4.74 Å². The van der Waals surface area contributed by atoms with Crippen LogP contribution in [-0.4, -0.2) is 44.5 Å². The molecule has 1 atom stereocenters. The highest BCUT2D eigenvalue weighted by Gasteiger charge is 2.34. The van der Waals surface area contributed by atoms with Gasteiger partial charge in [0.25, 0.3) is 0 Å². The predicted octanol–water partition coefficient (Wildman–Crippen LogP) is 6.22. The molecule has 35 heavy (non-hydrogen) atoms. The van der Waals surface area contributed by atoms with Crippen LogP contribution >= 0.6 is 11.6 Å². The van der Waals surface area contributed by atoms with Crippen molar-refractivity contribution in [3.05, 3.63) is 58.2 Å². The van der Waals surface area contributed by atoms with Crippen molar-refractivity contribution in [2.75, 3.05) is 18.4 Å². The fourth-order valence-electron chi connectivity index (χ4n) is 3.71. The molecule has 2 heterocycles. The van der Waals surface area contributed by atoms with Crippen molar-refractivity contribution < 1.29 is 9.53 Å². The number of anilines is 1. The Labute approximate surface area is 213 Å². The summed E-state index contributed by atoms with van der Waals surface area (Å²) in [4.78, 5) is 27.7. The molecule has 0 spiro atoms. The van der Waals surface area contributed by atoms with E-state index in [2.05, 4.69) is 25.7 Å². The Morgan fingerprint density at radius 3 is 2.34 bits per heavy atom. The molecule has 1 aromatic heterocycles. The molecule has 0 saturated carbocycles. The maximum atomic E-state index is 13.6. The normalized spacial score (nSPS) is 15.3. The number of nitrogens with one attached hydrogen (secondary N) is 2. The first kappa shape index (κ1) is 28.2. The van der Waals surface area contributed by atoms with Gasteiger partial charge in [-0.15, -0.1) is 0 Å². The van der Waals surface area contributed by atoms with E-state index in [0.29, 0.717) is 41.7 Å². The second-order valence-electron chi connectivity index (χ2n) is 9.50. The molecule has 9 heteroatoms. The minimum absolute atomic E-state index is 0.220. The molecule has 3 rings (SSSR count). The first-order chi connectivity index (χ1) is 16.4. The molecule has 0 radical (unpaired) electrons. The Hall–Kier alpha value is -3.00. The van der Waals surface area contributed by atoms with Crippen LogP contribution in [0, 0.1) is 5.41 Å². The Morgan fingerprint density at radius 1 is 1.26 bits per heavy atom. The van der Waals surface area contributed by atoms with Crippen molar-refractivity contribution in [1.82, 2.24) is 14.0 Å². The molecule has 0 bridgehead atoms. The number of unbranched alkanes of at least 4 members (excludes halogenated alkanes) is 1. The Balaban J connectivity index is 0.00000100. The zero-order chi connectivity index (χ0) is 26.3. The van der Waals surface area contributed by atoms with Gasteiger partial charge in [-0.3, -0.25) is 9.13 Å². The highest BCUT2D eigenvalue weighted by molar-refractivity contribution is 6.30. The number of rotatable bonds is 6. The average molecular weight is 504 g/mol. The van der Waals surface area contributed by atoms with Crippen LogP contribution < -0.4 is 11.0 Å². The maximum absolute atomic E-state index is 13.6. The molecule has 1 saturated heterocycles. The lowest BCUT2D eigenvalue weighted by molar-refractivity contribution is 0.0289. The number of benzene rings is 1. The van der Waals surface area contributed by atoms with Crippen molar-refractivity contribution >= 4 is 29.2 Å². The standard InChI is InChI=1S/C22H28ClN5O3.C4H10/c1-6-25-19-18(14(2)24)27(16-9-7-15(23)8-10-16)20(29)28(19)17-11-12-26(13-17)21(30)31-22(3,4)5;1-3-4-2/h6-10,17,24-25H,1,11-13H2,2-5H3;3-4H2,1-2H3. The first-order valence-corrected chi connectivity index (χ1v) is 12.4. The Bertz CT molecular complexity index is 1090. The average Bonchev–Trinajstić information content (AvgIpc) is 3.36. The van der Waals surface area contributed by atoms with Gasteiger partial charge in [-0.05, 0) is 64.6 Å². The summed E-state index contributed by atoms with van der Waals surface area (Å²) in [5.41, 5.74) is 0.359. The highest BCUT2D eigenvalue weighted by Crippen LogP contribution is 2.29. The first-order valence-electron chi connectivity index (χ1n) is 12.0. The van der Waals surface area contributed by atoms with Crippen molar-refractivity contribution in [2.45, 2.75) is 72.4 Å². The molecule has 8 nitrogen and oxygen atoms in total. The lowest BCUT2D eigenvalue weighted by Crippen LogP contribution is -2.36. The van der Waals surface area contributed by atoms with Crippen LogP contribution in [0.1, 0.15) is 72.5 Å². The SMILES string of the molecule is C=CNc1c(C(C)=N)n(-c2ccc(Cl)cc2)c(=O)n1C1CCN(C(=O)OC(C)(C)C)C1.CCCC. The lowest BCUT2D eigenvalue weighted by Gasteiger charge is -2.24. The monoisotopic (exact) mass is 503 g/mol. The van der Waals surface area contributed by atoms with Gasteiger partial charge >= 0.3 is 11.8 Å². The van der Waals surface area contributed by atoms with Crippen molar-refractivity contribution in [2.24, 2.45) is 0 Å². The number of hydrogen-bond acceptors (Lipinski definition) is 5. The molecule has 0 aliphatic carbocycles. The summed E-state index contributed by atoms with van der Waals surface area (Å²) in [5.74, 6) is 0.471. The quantitative estimate of drug-likeness (QED) is 0.457. The number of hydrogen-bond donors (Lipinski definition) is 2. The van der Waals surface area contributed by atoms with Gasteiger partial charge in [0.2, 0.25) is 0 Å². The van der Waals surface area contributed by atoms with E-state index >= 15 is 0 Å². The lowest BCUT2D eigenvalue weighted by atomic mass is 10.2. The van der Waals surface area contributed by atoms with Gasteiger partial charge in [-0.1, -0.05) is 44.9 Å². The summed E-state index contributed by atoms with van der Waals surface area (Å²) in [6.07, 6.45) is 4.30. The number of imidazole rings is 1. The third-order valence-corrected chi connectivity index (χ3v) is 5.70. The second-order valence-corrected chi connectivity index (χ2v) is 9.94. The Kier molecular flexibility index (Phi) is 9.77. The molecular formula is C26H38ClN5O3. The van der Waals surface area contributed by atoms with Gasteiger partial charge in [-0.25, -0.2) is 9.59 Å². The number of halogens is 1. The van der Waals surface area contributed by atoms with E-state index < -0.39 is 11.7 Å². The van der Waals surface area contributed by atoms with Gasteiger partial charge in [0, 0.05) is 18.1 Å². The van der Waals surface area contributed by atoms with Crippen LogP contribution in [0.15, 0.2) is 41.8 Å². The van der Waals surface area contributed by atoms with Crippen LogP contribution in [0.2, 0.25) is 5.02 Å². The largest absolute Gasteiger partial charge is 0.444 e. The van der Waals surface area contributed by atoms with Crippen LogP contribution in [0.25, 0.3) is 5.69 Å². The van der Waals surface area contributed by atoms with Gasteiger partial charge in [0.05, 0.1) is 17.4 Å². The third kappa shape index (κ3) is 7.01. The molecule has 1 fully saturated rings. The van der Waals surface area contributed by atoms with E-state index in [4.69, 9.17) is 21.7 Å². The molecule has 2 N–H and O–H groups in total. The summed E-state index contributed by atoms with van der Waals surface area (Å²) >= 11 is 6.01. The van der Waals surface area contributed by atoms with E-state index in [9.17, 15) is 9.59 Å². The highest BCUT2D eigenvalue weighted by atomic mass is 35.5. The van der Waals surface area contributed by atoms with Crippen LogP contribution in [0.5, 0.6) is 0 Å². The number of ether oxygens (including phenoxy) is 1. The number of aromatic nitrogens is 2. The Morgan fingerprint density at radius 2 is 1.86 bits per heavy atom. The fourth-order valence-corrected chi connectivity index (χ4v) is 3.84. The summed E-state index contributed by atoms with van der Waals surface area (Å²) in [5, 5.41) is 11.9. The number of carbonyl (C=O) groups is 1. The molecule has 1 aliphatic heterocycles. The number of likely N-dealkylation sites (tertiary alicyclic amines) is 1. The van der Waals surface area contributed by atoms with E-state index in [-0.39, 0.29) is 17.4 Å². The predicted molar refractivity (Wildman–Crippen MR) is 143 cm³/mol. The van der Waals surface area contributed by atoms with Crippen molar-refractivity contribution in [1.29, 1.82) is 5.41 Å². The molecule has 1 amide bonds. The van der Waals surface area contributed by atoms with Crippen LogP contribution in [0.4, 0.5) is 10.6 Å². The number of amides is 1.